The highest BCUT2D eigenvalue weighted by atomic mass is 16.5. The molecule has 1 saturated carbocycles. The maximum absolute atomic E-state index is 5.38. The van der Waals surface area contributed by atoms with Crippen molar-refractivity contribution in [3.8, 4) is 0 Å². The van der Waals surface area contributed by atoms with Crippen molar-refractivity contribution >= 4 is 0 Å². The van der Waals surface area contributed by atoms with Crippen LogP contribution < -0.4 is 5.32 Å². The summed E-state index contributed by atoms with van der Waals surface area (Å²) in [6.07, 6.45) is 4.93. The van der Waals surface area contributed by atoms with Crippen molar-refractivity contribution in [3.63, 3.8) is 0 Å². The first-order valence-electron chi connectivity index (χ1n) is 7.01. The van der Waals surface area contributed by atoms with Gasteiger partial charge in [0.1, 0.15) is 0 Å². The SMILES string of the molecule is CCOCCCn1nnc(CNC)c1C1CCC1. The zero-order chi connectivity index (χ0) is 12.8. The molecule has 1 aromatic heterocycles. The summed E-state index contributed by atoms with van der Waals surface area (Å²) in [5.74, 6) is 0.676. The van der Waals surface area contributed by atoms with Gasteiger partial charge in [-0.1, -0.05) is 11.6 Å². The zero-order valence-electron chi connectivity index (χ0n) is 11.5. The molecule has 0 radical (unpaired) electrons. The van der Waals surface area contributed by atoms with Gasteiger partial charge in [-0.15, -0.1) is 5.10 Å². The van der Waals surface area contributed by atoms with E-state index in [2.05, 4.69) is 20.3 Å². The van der Waals surface area contributed by atoms with E-state index in [9.17, 15) is 0 Å². The summed E-state index contributed by atoms with van der Waals surface area (Å²) in [6.45, 7) is 5.36. The number of ether oxygens (including phenoxy) is 1. The zero-order valence-corrected chi connectivity index (χ0v) is 11.5. The number of hydrogen-bond acceptors (Lipinski definition) is 4. The highest BCUT2D eigenvalue weighted by Crippen LogP contribution is 2.37. The number of hydrogen-bond donors (Lipinski definition) is 1. The Morgan fingerprint density at radius 1 is 1.44 bits per heavy atom. The average Bonchev–Trinajstić information content (AvgIpc) is 2.67. The highest BCUT2D eigenvalue weighted by Gasteiger charge is 2.27. The molecule has 2 rings (SSSR count). The fourth-order valence-corrected chi connectivity index (χ4v) is 2.40. The molecule has 0 aromatic carbocycles. The normalized spacial score (nSPS) is 15.9. The predicted molar refractivity (Wildman–Crippen MR) is 70.5 cm³/mol. The quantitative estimate of drug-likeness (QED) is 0.715. The number of rotatable bonds is 8. The van der Waals surface area contributed by atoms with E-state index in [0.717, 1.165) is 38.4 Å². The maximum Gasteiger partial charge on any atom is 0.0999 e. The molecule has 0 aliphatic heterocycles. The van der Waals surface area contributed by atoms with Gasteiger partial charge in [-0.25, -0.2) is 4.68 Å². The maximum atomic E-state index is 5.38. The number of nitrogens with one attached hydrogen (secondary N) is 1. The topological polar surface area (TPSA) is 52.0 Å². The van der Waals surface area contributed by atoms with E-state index < -0.39 is 0 Å². The van der Waals surface area contributed by atoms with Gasteiger partial charge in [-0.05, 0) is 33.2 Å². The third-order valence-corrected chi connectivity index (χ3v) is 3.55. The van der Waals surface area contributed by atoms with E-state index in [1.807, 2.05) is 14.0 Å². The van der Waals surface area contributed by atoms with Crippen LogP contribution in [0.5, 0.6) is 0 Å². The molecule has 1 fully saturated rings. The Morgan fingerprint density at radius 3 is 2.89 bits per heavy atom. The Kier molecular flexibility index (Phi) is 5.13. The molecule has 0 amide bonds. The van der Waals surface area contributed by atoms with Gasteiger partial charge in [0.05, 0.1) is 11.4 Å². The van der Waals surface area contributed by atoms with Crippen molar-refractivity contribution in [1.29, 1.82) is 0 Å². The highest BCUT2D eigenvalue weighted by molar-refractivity contribution is 5.18. The van der Waals surface area contributed by atoms with Gasteiger partial charge in [-0.3, -0.25) is 0 Å². The van der Waals surface area contributed by atoms with Gasteiger partial charge in [-0.2, -0.15) is 0 Å². The predicted octanol–water partition coefficient (Wildman–Crippen LogP) is 1.69. The largest absolute Gasteiger partial charge is 0.382 e. The minimum absolute atomic E-state index is 0.676. The van der Waals surface area contributed by atoms with Crippen LogP contribution in [0.1, 0.15) is 49.9 Å². The second-order valence-corrected chi connectivity index (χ2v) is 4.85. The molecule has 0 saturated heterocycles. The fourth-order valence-electron chi connectivity index (χ4n) is 2.40. The summed E-state index contributed by atoms with van der Waals surface area (Å²) in [4.78, 5) is 0. The lowest BCUT2D eigenvalue weighted by Gasteiger charge is -2.26. The Labute approximate surface area is 109 Å². The Balaban J connectivity index is 1.99. The fraction of sp³-hybridized carbons (Fsp3) is 0.846. The first kappa shape index (κ1) is 13.5. The summed E-state index contributed by atoms with van der Waals surface area (Å²) in [7, 11) is 1.96. The summed E-state index contributed by atoms with van der Waals surface area (Å²) in [6, 6.07) is 0. The van der Waals surface area contributed by atoms with Crippen LogP contribution in [-0.4, -0.2) is 35.3 Å². The summed E-state index contributed by atoms with van der Waals surface area (Å²) in [5, 5.41) is 11.8. The van der Waals surface area contributed by atoms with E-state index in [4.69, 9.17) is 4.74 Å². The minimum Gasteiger partial charge on any atom is -0.382 e. The number of aromatic nitrogens is 3. The summed E-state index contributed by atoms with van der Waals surface area (Å²) in [5.41, 5.74) is 2.48. The van der Waals surface area contributed by atoms with Crippen LogP contribution in [0.15, 0.2) is 0 Å². The van der Waals surface area contributed by atoms with Crippen LogP contribution in [0.25, 0.3) is 0 Å². The lowest BCUT2D eigenvalue weighted by Crippen LogP contribution is -2.19. The van der Waals surface area contributed by atoms with Crippen molar-refractivity contribution < 1.29 is 4.74 Å². The van der Waals surface area contributed by atoms with E-state index in [0.29, 0.717) is 5.92 Å². The lowest BCUT2D eigenvalue weighted by atomic mass is 9.82. The van der Waals surface area contributed by atoms with Crippen LogP contribution in [0, 0.1) is 0 Å². The smallest absolute Gasteiger partial charge is 0.0999 e. The molecule has 1 heterocycles. The van der Waals surface area contributed by atoms with Crippen LogP contribution in [0.3, 0.4) is 0 Å². The second kappa shape index (κ2) is 6.85. The summed E-state index contributed by atoms with van der Waals surface area (Å²) < 4.78 is 7.47. The van der Waals surface area contributed by atoms with Crippen molar-refractivity contribution in [2.24, 2.45) is 0 Å². The monoisotopic (exact) mass is 252 g/mol. The van der Waals surface area contributed by atoms with Crippen molar-refractivity contribution in [2.45, 2.75) is 51.6 Å². The van der Waals surface area contributed by atoms with Crippen molar-refractivity contribution in [1.82, 2.24) is 20.3 Å². The molecule has 18 heavy (non-hydrogen) atoms. The molecule has 1 aliphatic rings. The average molecular weight is 252 g/mol. The van der Waals surface area contributed by atoms with Gasteiger partial charge >= 0.3 is 0 Å². The molecule has 1 N–H and O–H groups in total. The third kappa shape index (κ3) is 3.09. The first-order chi connectivity index (χ1) is 8.86. The van der Waals surface area contributed by atoms with E-state index in [-0.39, 0.29) is 0 Å². The summed E-state index contributed by atoms with van der Waals surface area (Å²) >= 11 is 0. The molecule has 0 unspecified atom stereocenters. The van der Waals surface area contributed by atoms with Gasteiger partial charge in [0.2, 0.25) is 0 Å². The minimum atomic E-state index is 0.676. The van der Waals surface area contributed by atoms with Crippen LogP contribution in [-0.2, 0) is 17.8 Å². The van der Waals surface area contributed by atoms with Gasteiger partial charge in [0.15, 0.2) is 0 Å². The first-order valence-corrected chi connectivity index (χ1v) is 7.01. The van der Waals surface area contributed by atoms with Crippen LogP contribution >= 0.6 is 0 Å². The van der Waals surface area contributed by atoms with Gasteiger partial charge < -0.3 is 10.1 Å². The van der Waals surface area contributed by atoms with Crippen LogP contribution in [0.4, 0.5) is 0 Å². The molecular formula is C13H24N4O. The molecular weight excluding hydrogens is 228 g/mol. The third-order valence-electron chi connectivity index (χ3n) is 3.55. The second-order valence-electron chi connectivity index (χ2n) is 4.85. The lowest BCUT2D eigenvalue weighted by molar-refractivity contribution is 0.140. The molecule has 0 atom stereocenters. The Morgan fingerprint density at radius 2 is 2.28 bits per heavy atom. The van der Waals surface area contributed by atoms with Crippen molar-refractivity contribution in [3.05, 3.63) is 11.4 Å². The van der Waals surface area contributed by atoms with Gasteiger partial charge in [0.25, 0.3) is 0 Å². The Bertz CT molecular complexity index is 360. The van der Waals surface area contributed by atoms with Crippen LogP contribution in [0.2, 0.25) is 0 Å². The van der Waals surface area contributed by atoms with E-state index in [1.165, 1.54) is 25.0 Å². The standard InChI is InChI=1S/C13H24N4O/c1-3-18-9-5-8-17-13(11-6-4-7-11)12(10-14-2)15-16-17/h11,14H,3-10H2,1-2H3. The van der Waals surface area contributed by atoms with E-state index >= 15 is 0 Å². The molecule has 1 aromatic rings. The molecule has 5 heteroatoms. The number of nitrogens with zero attached hydrogens (tertiary/aromatic N) is 3. The molecule has 5 nitrogen and oxygen atoms in total. The Hall–Kier alpha value is -0.940. The molecule has 0 spiro atoms. The number of aryl methyl sites for hydroxylation is 1. The van der Waals surface area contributed by atoms with Crippen molar-refractivity contribution in [2.75, 3.05) is 20.3 Å². The van der Waals surface area contributed by atoms with Gasteiger partial charge in [0, 0.05) is 32.2 Å². The molecule has 0 bridgehead atoms. The molecule has 1 aliphatic carbocycles. The van der Waals surface area contributed by atoms with E-state index in [1.54, 1.807) is 0 Å². The molecule has 102 valence electrons.